The summed E-state index contributed by atoms with van der Waals surface area (Å²) in [6, 6.07) is 0. The summed E-state index contributed by atoms with van der Waals surface area (Å²) in [5.41, 5.74) is 0.918. The molecule has 6 nitrogen and oxygen atoms in total. The van der Waals surface area contributed by atoms with E-state index in [1.165, 1.54) is 12.5 Å². The Morgan fingerprint density at radius 3 is 2.65 bits per heavy atom. The van der Waals surface area contributed by atoms with Gasteiger partial charge in [-0.15, -0.1) is 0 Å². The third kappa shape index (κ3) is 4.47. The van der Waals surface area contributed by atoms with Crippen molar-refractivity contribution < 1.29 is 28.8 Å². The van der Waals surface area contributed by atoms with Gasteiger partial charge in [0.05, 0.1) is 25.4 Å². The van der Waals surface area contributed by atoms with E-state index in [9.17, 15) is 9.90 Å². The van der Waals surface area contributed by atoms with Gasteiger partial charge in [0.15, 0.2) is 5.79 Å². The lowest BCUT2D eigenvalue weighted by Gasteiger charge is -2.37. The van der Waals surface area contributed by atoms with Crippen LogP contribution in [0.25, 0.3) is 0 Å². The molecule has 1 aliphatic carbocycles. The summed E-state index contributed by atoms with van der Waals surface area (Å²) in [7, 11) is 0. The molecular weight excluding hydrogens is 336 g/mol. The maximum atomic E-state index is 11.7. The van der Waals surface area contributed by atoms with E-state index in [2.05, 4.69) is 0 Å². The number of aliphatic hydroxyl groups excluding tert-OH is 1. The smallest absolute Gasteiger partial charge is 0.330 e. The topological polar surface area (TPSA) is 74.2 Å². The maximum Gasteiger partial charge on any atom is 0.330 e. The molecule has 1 unspecified atom stereocenters. The van der Waals surface area contributed by atoms with E-state index >= 15 is 0 Å². The van der Waals surface area contributed by atoms with Crippen molar-refractivity contribution in [2.24, 2.45) is 5.92 Å². The first-order valence-corrected chi connectivity index (χ1v) is 9.99. The van der Waals surface area contributed by atoms with Crippen molar-refractivity contribution in [3.05, 3.63) is 11.6 Å². The molecule has 3 rings (SSSR count). The van der Waals surface area contributed by atoms with E-state index in [4.69, 9.17) is 18.9 Å². The molecule has 2 heterocycles. The Morgan fingerprint density at radius 2 is 1.96 bits per heavy atom. The van der Waals surface area contributed by atoms with Crippen LogP contribution in [0.1, 0.15) is 58.8 Å². The van der Waals surface area contributed by atoms with Crippen molar-refractivity contribution in [3.63, 3.8) is 0 Å². The fourth-order valence-corrected chi connectivity index (χ4v) is 4.42. The number of carbonyl (C=O) groups excluding carboxylic acids is 1. The van der Waals surface area contributed by atoms with Crippen LogP contribution in [-0.4, -0.2) is 55.0 Å². The molecule has 0 amide bonds. The Labute approximate surface area is 155 Å². The first-order valence-electron chi connectivity index (χ1n) is 9.99. The predicted octanol–water partition coefficient (Wildman–Crippen LogP) is 2.73. The Kier molecular flexibility index (Phi) is 6.72. The van der Waals surface area contributed by atoms with Crippen LogP contribution >= 0.6 is 0 Å². The number of aliphatic hydroxyl groups is 1. The molecule has 3 aliphatic rings. The zero-order valence-corrected chi connectivity index (χ0v) is 15.9. The quantitative estimate of drug-likeness (QED) is 0.574. The molecule has 0 radical (unpaired) electrons. The van der Waals surface area contributed by atoms with Gasteiger partial charge in [-0.2, -0.15) is 0 Å². The number of hydrogen-bond donors (Lipinski definition) is 1. The second-order valence-corrected chi connectivity index (χ2v) is 7.73. The molecule has 2 aliphatic heterocycles. The number of carbonyl (C=O) groups is 1. The summed E-state index contributed by atoms with van der Waals surface area (Å²) in [6.07, 6.45) is 7.80. The van der Waals surface area contributed by atoms with Gasteiger partial charge in [-0.1, -0.05) is 12.0 Å². The van der Waals surface area contributed by atoms with E-state index in [-0.39, 0.29) is 36.8 Å². The van der Waals surface area contributed by atoms with Crippen LogP contribution in [0.2, 0.25) is 0 Å². The van der Waals surface area contributed by atoms with Crippen LogP contribution in [0.5, 0.6) is 0 Å². The maximum absolute atomic E-state index is 11.7. The second kappa shape index (κ2) is 8.83. The van der Waals surface area contributed by atoms with Gasteiger partial charge in [-0.3, -0.25) is 0 Å². The highest BCUT2D eigenvalue weighted by molar-refractivity contribution is 5.82. The zero-order chi connectivity index (χ0) is 18.6. The Morgan fingerprint density at radius 1 is 1.23 bits per heavy atom. The second-order valence-electron chi connectivity index (χ2n) is 7.73. The van der Waals surface area contributed by atoms with Gasteiger partial charge in [0.25, 0.3) is 0 Å². The number of fused-ring (bicyclic) bond motifs is 1. The highest BCUT2D eigenvalue weighted by atomic mass is 16.8. The number of rotatable bonds is 6. The van der Waals surface area contributed by atoms with Crippen molar-refractivity contribution in [1.82, 2.24) is 0 Å². The Hall–Kier alpha value is -0.950. The standard InChI is InChI=1S/C20H32O6/c1-3-23-17(22)12-14(2)11-16-19-18(15(7-10-21)13-24-16)25-20(26-19)8-5-4-6-9-20/h12,15-16,18-19,21H,3-11,13H2,1-2H3/b14-12+/t15?,16-,18+,19-/m0/s1. The highest BCUT2D eigenvalue weighted by Crippen LogP contribution is 2.46. The number of hydrogen-bond acceptors (Lipinski definition) is 6. The van der Waals surface area contributed by atoms with Crippen LogP contribution in [-0.2, 0) is 23.7 Å². The molecule has 6 heteroatoms. The summed E-state index contributed by atoms with van der Waals surface area (Å²) >= 11 is 0. The summed E-state index contributed by atoms with van der Waals surface area (Å²) < 4.78 is 24.0. The molecular formula is C20H32O6. The lowest BCUT2D eigenvalue weighted by Crippen LogP contribution is -2.48. The van der Waals surface area contributed by atoms with Crippen LogP contribution in [0.4, 0.5) is 0 Å². The van der Waals surface area contributed by atoms with Gasteiger partial charge in [0, 0.05) is 31.4 Å². The van der Waals surface area contributed by atoms with Crippen molar-refractivity contribution in [1.29, 1.82) is 0 Å². The van der Waals surface area contributed by atoms with Gasteiger partial charge in [0.1, 0.15) is 6.10 Å². The number of esters is 1. The van der Waals surface area contributed by atoms with E-state index < -0.39 is 5.79 Å². The third-order valence-electron chi connectivity index (χ3n) is 5.67. The first kappa shape index (κ1) is 19.8. The van der Waals surface area contributed by atoms with E-state index in [1.54, 1.807) is 6.92 Å². The SMILES string of the molecule is CCOC(=O)/C=C(\C)C[C@@H]1OCC(CCO)[C@H]2OC3(CCCCC3)O[C@@H]12. The monoisotopic (exact) mass is 368 g/mol. The van der Waals surface area contributed by atoms with Gasteiger partial charge in [-0.25, -0.2) is 4.79 Å². The summed E-state index contributed by atoms with van der Waals surface area (Å²) in [5, 5.41) is 9.39. The molecule has 4 atom stereocenters. The fraction of sp³-hybridized carbons (Fsp3) is 0.850. The Bertz CT molecular complexity index is 510. The van der Waals surface area contributed by atoms with E-state index in [1.807, 2.05) is 6.92 Å². The molecule has 2 saturated heterocycles. The summed E-state index contributed by atoms with van der Waals surface area (Å²) in [6.45, 7) is 4.76. The summed E-state index contributed by atoms with van der Waals surface area (Å²) in [5.74, 6) is -0.647. The zero-order valence-electron chi connectivity index (χ0n) is 15.9. The minimum absolute atomic E-state index is 0.0469. The summed E-state index contributed by atoms with van der Waals surface area (Å²) in [4.78, 5) is 11.7. The third-order valence-corrected chi connectivity index (χ3v) is 5.67. The molecule has 0 aromatic heterocycles. The average Bonchev–Trinajstić information content (AvgIpc) is 2.97. The molecule has 1 spiro atoms. The fourth-order valence-electron chi connectivity index (χ4n) is 4.42. The molecule has 148 valence electrons. The molecule has 26 heavy (non-hydrogen) atoms. The lowest BCUT2D eigenvalue weighted by atomic mass is 9.88. The van der Waals surface area contributed by atoms with Gasteiger partial charge >= 0.3 is 5.97 Å². The molecule has 0 bridgehead atoms. The van der Waals surface area contributed by atoms with Gasteiger partial charge in [0.2, 0.25) is 0 Å². The predicted molar refractivity (Wildman–Crippen MR) is 95.5 cm³/mol. The first-order chi connectivity index (χ1) is 12.6. The van der Waals surface area contributed by atoms with E-state index in [0.29, 0.717) is 26.1 Å². The van der Waals surface area contributed by atoms with Crippen molar-refractivity contribution in [2.75, 3.05) is 19.8 Å². The largest absolute Gasteiger partial charge is 0.463 e. The molecule has 1 saturated carbocycles. The van der Waals surface area contributed by atoms with Gasteiger partial charge in [-0.05, 0) is 39.5 Å². The molecule has 0 aromatic carbocycles. The lowest BCUT2D eigenvalue weighted by molar-refractivity contribution is -0.198. The van der Waals surface area contributed by atoms with Crippen molar-refractivity contribution in [3.8, 4) is 0 Å². The van der Waals surface area contributed by atoms with Gasteiger partial charge < -0.3 is 24.1 Å². The van der Waals surface area contributed by atoms with Crippen LogP contribution < -0.4 is 0 Å². The minimum Gasteiger partial charge on any atom is -0.463 e. The van der Waals surface area contributed by atoms with Crippen LogP contribution in [0.15, 0.2) is 11.6 Å². The number of ether oxygens (including phenoxy) is 4. The molecule has 0 aromatic rings. The van der Waals surface area contributed by atoms with Crippen LogP contribution in [0.3, 0.4) is 0 Å². The van der Waals surface area contributed by atoms with Crippen molar-refractivity contribution in [2.45, 2.75) is 82.9 Å². The Balaban J connectivity index is 1.70. The van der Waals surface area contributed by atoms with Crippen LogP contribution in [0, 0.1) is 5.92 Å². The highest BCUT2D eigenvalue weighted by Gasteiger charge is 2.55. The minimum atomic E-state index is -0.480. The molecule has 3 fully saturated rings. The average molecular weight is 368 g/mol. The normalized spacial score (nSPS) is 33.9. The van der Waals surface area contributed by atoms with E-state index in [0.717, 1.165) is 31.3 Å². The van der Waals surface area contributed by atoms with Crippen molar-refractivity contribution >= 4 is 5.97 Å². The molecule has 1 N–H and O–H groups in total.